The van der Waals surface area contributed by atoms with Gasteiger partial charge in [-0.3, -0.25) is 0 Å². The van der Waals surface area contributed by atoms with Gasteiger partial charge in [0.2, 0.25) is 0 Å². The normalized spacial score (nSPS) is 11.8. The molecule has 0 spiro atoms. The summed E-state index contributed by atoms with van der Waals surface area (Å²) in [5.74, 6) is 2.64. The van der Waals surface area contributed by atoms with Crippen LogP contribution in [0, 0.1) is 0 Å². The average molecular weight is 356 g/mol. The number of unbranched alkanes of at least 4 members (excludes halogenated alkanes) is 2. The van der Waals surface area contributed by atoms with Crippen LogP contribution in [0.3, 0.4) is 0 Å². The summed E-state index contributed by atoms with van der Waals surface area (Å²) in [6.45, 7) is 4.15. The van der Waals surface area contributed by atoms with Crippen LogP contribution in [0.5, 0.6) is 11.5 Å². The highest BCUT2D eigenvalue weighted by molar-refractivity contribution is 7.99. The molecule has 0 heterocycles. The lowest BCUT2D eigenvalue weighted by molar-refractivity contribution is 0.189. The average Bonchev–Trinajstić information content (AvgIpc) is 2.57. The predicted molar refractivity (Wildman–Crippen MR) is 98.7 cm³/mol. The van der Waals surface area contributed by atoms with Gasteiger partial charge in [0.05, 0.1) is 19.1 Å². The van der Waals surface area contributed by atoms with Crippen molar-refractivity contribution >= 4 is 17.9 Å². The molecule has 1 rings (SSSR count). The molecule has 0 aromatic heterocycles. The van der Waals surface area contributed by atoms with Crippen molar-refractivity contribution in [3.8, 4) is 11.5 Å². The molecule has 0 saturated heterocycles. The number of thioether (sulfide) groups is 1. The Kier molecular flexibility index (Phi) is 9.45. The van der Waals surface area contributed by atoms with Gasteiger partial charge in [0.25, 0.3) is 0 Å². The molecule has 1 aromatic carbocycles. The molecule has 1 atom stereocenters. The first-order chi connectivity index (χ1) is 11.5. The van der Waals surface area contributed by atoms with Gasteiger partial charge in [0.15, 0.2) is 0 Å². The van der Waals surface area contributed by atoms with Crippen LogP contribution in [0.15, 0.2) is 17.0 Å². The molecule has 5 nitrogen and oxygen atoms in total. The third-order valence-corrected chi connectivity index (χ3v) is 4.98. The smallest absolute Gasteiger partial charge is 0.404 e. The van der Waals surface area contributed by atoms with Crippen molar-refractivity contribution in [2.24, 2.45) is 0 Å². The molecule has 1 aromatic rings. The lowest BCUT2D eigenvalue weighted by Gasteiger charge is -2.19. The van der Waals surface area contributed by atoms with Crippen LogP contribution < -0.4 is 14.8 Å². The van der Waals surface area contributed by atoms with Crippen LogP contribution >= 0.6 is 11.8 Å². The molecule has 2 N–H and O–H groups in total. The largest absolute Gasteiger partial charge is 0.496 e. The Hall–Kier alpha value is -1.56. The Labute approximate surface area is 149 Å². The zero-order chi connectivity index (χ0) is 17.9. The van der Waals surface area contributed by atoms with Crippen LogP contribution in [0.25, 0.3) is 0 Å². The molecule has 24 heavy (non-hydrogen) atoms. The van der Waals surface area contributed by atoms with Crippen molar-refractivity contribution in [3.05, 3.63) is 17.7 Å². The van der Waals surface area contributed by atoms with E-state index in [1.165, 1.54) is 19.3 Å². The first-order valence-electron chi connectivity index (χ1n) is 8.42. The molecular formula is C18H29NO4S. The summed E-state index contributed by atoms with van der Waals surface area (Å²) in [5.41, 5.74) is 0.952. The second-order valence-corrected chi connectivity index (χ2v) is 6.77. The Morgan fingerprint density at radius 1 is 1.21 bits per heavy atom. The summed E-state index contributed by atoms with van der Waals surface area (Å²) < 4.78 is 11.0. The molecule has 1 unspecified atom stereocenters. The number of ether oxygens (including phenoxy) is 2. The van der Waals surface area contributed by atoms with Crippen molar-refractivity contribution in [1.82, 2.24) is 5.32 Å². The monoisotopic (exact) mass is 355 g/mol. The molecule has 1 amide bonds. The topological polar surface area (TPSA) is 67.8 Å². The van der Waals surface area contributed by atoms with Crippen LogP contribution in [-0.2, 0) is 6.42 Å². The van der Waals surface area contributed by atoms with Crippen LogP contribution in [0.1, 0.15) is 45.1 Å². The highest BCUT2D eigenvalue weighted by atomic mass is 32.2. The van der Waals surface area contributed by atoms with Gasteiger partial charge in [-0.15, -0.1) is 11.8 Å². The summed E-state index contributed by atoms with van der Waals surface area (Å²) in [5, 5.41) is 11.5. The predicted octanol–water partition coefficient (Wildman–Crippen LogP) is 4.57. The van der Waals surface area contributed by atoms with Crippen molar-refractivity contribution in [3.63, 3.8) is 0 Å². The number of hydrogen-bond acceptors (Lipinski definition) is 4. The maximum Gasteiger partial charge on any atom is 0.404 e. The standard InChI is InChI=1S/C18H29NO4S/c1-5-7-8-9-24-17-12-15(22-3)13(11-16(17)23-4)10-14(6-2)19-18(20)21/h11-12,14,19H,5-10H2,1-4H3,(H,20,21). The maximum atomic E-state index is 10.9. The summed E-state index contributed by atoms with van der Waals surface area (Å²) in [6.07, 6.45) is 3.89. The second kappa shape index (κ2) is 11.1. The van der Waals surface area contributed by atoms with E-state index in [9.17, 15) is 4.79 Å². The lowest BCUT2D eigenvalue weighted by atomic mass is 10.0. The van der Waals surface area contributed by atoms with E-state index in [1.54, 1.807) is 26.0 Å². The third kappa shape index (κ3) is 6.51. The first-order valence-corrected chi connectivity index (χ1v) is 9.41. The number of methoxy groups -OCH3 is 2. The number of carbonyl (C=O) groups is 1. The molecule has 0 saturated carbocycles. The number of rotatable bonds is 11. The van der Waals surface area contributed by atoms with Gasteiger partial charge >= 0.3 is 6.09 Å². The van der Waals surface area contributed by atoms with Gasteiger partial charge in [-0.25, -0.2) is 4.79 Å². The SMILES string of the molecule is CCCCCSc1cc(OC)c(CC(CC)NC(=O)O)cc1OC. The highest BCUT2D eigenvalue weighted by Crippen LogP contribution is 2.36. The van der Waals surface area contributed by atoms with Crippen molar-refractivity contribution in [2.75, 3.05) is 20.0 Å². The van der Waals surface area contributed by atoms with Crippen molar-refractivity contribution in [1.29, 1.82) is 0 Å². The molecule has 6 heteroatoms. The van der Waals surface area contributed by atoms with Crippen molar-refractivity contribution < 1.29 is 19.4 Å². The Balaban J connectivity index is 2.94. The number of benzene rings is 1. The van der Waals surface area contributed by atoms with Gasteiger partial charge in [0, 0.05) is 6.04 Å². The molecule has 0 aliphatic heterocycles. The van der Waals surface area contributed by atoms with Gasteiger partial charge in [-0.1, -0.05) is 26.7 Å². The van der Waals surface area contributed by atoms with Crippen LogP contribution in [0.2, 0.25) is 0 Å². The second-order valence-electron chi connectivity index (χ2n) is 5.63. The van der Waals surface area contributed by atoms with E-state index in [4.69, 9.17) is 14.6 Å². The van der Waals surface area contributed by atoms with Gasteiger partial charge in [0.1, 0.15) is 11.5 Å². The molecule has 0 radical (unpaired) electrons. The van der Waals surface area contributed by atoms with E-state index in [1.807, 2.05) is 19.1 Å². The fourth-order valence-electron chi connectivity index (χ4n) is 2.48. The zero-order valence-electron chi connectivity index (χ0n) is 15.1. The summed E-state index contributed by atoms with van der Waals surface area (Å²) in [4.78, 5) is 12.0. The van der Waals surface area contributed by atoms with E-state index in [0.717, 1.165) is 27.7 Å². The molecular weight excluding hydrogens is 326 g/mol. The number of amides is 1. The zero-order valence-corrected chi connectivity index (χ0v) is 15.9. The van der Waals surface area contributed by atoms with Gasteiger partial charge < -0.3 is 19.9 Å². The van der Waals surface area contributed by atoms with E-state index in [0.29, 0.717) is 12.8 Å². The maximum absolute atomic E-state index is 10.9. The Bertz CT molecular complexity index is 522. The van der Waals surface area contributed by atoms with E-state index in [2.05, 4.69) is 12.2 Å². The fourth-order valence-corrected chi connectivity index (χ4v) is 3.52. The summed E-state index contributed by atoms with van der Waals surface area (Å²) >= 11 is 1.77. The van der Waals surface area contributed by atoms with E-state index < -0.39 is 6.09 Å². The van der Waals surface area contributed by atoms with Gasteiger partial charge in [-0.2, -0.15) is 0 Å². The molecule has 0 bridgehead atoms. The number of hydrogen-bond donors (Lipinski definition) is 2. The minimum absolute atomic E-state index is 0.149. The summed E-state index contributed by atoms with van der Waals surface area (Å²) in [7, 11) is 3.30. The minimum Gasteiger partial charge on any atom is -0.496 e. The van der Waals surface area contributed by atoms with Crippen LogP contribution in [-0.4, -0.2) is 37.2 Å². The Morgan fingerprint density at radius 3 is 2.46 bits per heavy atom. The molecule has 136 valence electrons. The third-order valence-electron chi connectivity index (χ3n) is 3.86. The number of carboxylic acid groups (broad SMARTS) is 1. The van der Waals surface area contributed by atoms with E-state index >= 15 is 0 Å². The Morgan fingerprint density at radius 2 is 1.92 bits per heavy atom. The quantitative estimate of drug-likeness (QED) is 0.449. The molecule has 0 aliphatic rings. The van der Waals surface area contributed by atoms with Crippen molar-refractivity contribution in [2.45, 2.75) is 56.9 Å². The van der Waals surface area contributed by atoms with Gasteiger partial charge in [-0.05, 0) is 42.7 Å². The molecule has 0 fully saturated rings. The van der Waals surface area contributed by atoms with Crippen LogP contribution in [0.4, 0.5) is 4.79 Å². The lowest BCUT2D eigenvalue weighted by Crippen LogP contribution is -2.34. The highest BCUT2D eigenvalue weighted by Gasteiger charge is 2.16. The summed E-state index contributed by atoms with van der Waals surface area (Å²) in [6, 6.07) is 3.81. The minimum atomic E-state index is -1.00. The first kappa shape index (κ1) is 20.5. The van der Waals surface area contributed by atoms with E-state index in [-0.39, 0.29) is 6.04 Å². The fraction of sp³-hybridized carbons (Fsp3) is 0.611. The number of nitrogens with one attached hydrogen (secondary N) is 1. The molecule has 0 aliphatic carbocycles.